The van der Waals surface area contributed by atoms with Crippen LogP contribution in [-0.4, -0.2) is 10.7 Å². The maximum absolute atomic E-state index is 13.2. The van der Waals surface area contributed by atoms with Crippen molar-refractivity contribution >= 4 is 17.2 Å². The van der Waals surface area contributed by atoms with Gasteiger partial charge in [0.05, 0.1) is 6.54 Å². The topological polar surface area (TPSA) is 27.1 Å². The molecule has 1 aliphatic rings. The molecule has 0 atom stereocenters. The molecular weight excluding hydrogens is 259 g/mol. The Hall–Kier alpha value is -1.68. The fourth-order valence-electron chi connectivity index (χ4n) is 2.41. The highest BCUT2D eigenvalue weighted by molar-refractivity contribution is 7.12. The molecule has 1 aliphatic heterocycles. The zero-order chi connectivity index (χ0) is 13.6. The molecule has 1 N–H and O–H groups in total. The highest BCUT2D eigenvalue weighted by Gasteiger charge is 2.24. The standard InChI is InChI=1S/C15H15FN2S/c1-9-5-13(19-10(9)2)8-18-7-11-3-4-12(16)6-14(11)15(18)17/h3-6,17H,7-8H2,1-2H3. The highest BCUT2D eigenvalue weighted by Crippen LogP contribution is 2.28. The van der Waals surface area contributed by atoms with Gasteiger partial charge in [0.1, 0.15) is 11.7 Å². The van der Waals surface area contributed by atoms with Gasteiger partial charge in [-0.15, -0.1) is 11.3 Å². The summed E-state index contributed by atoms with van der Waals surface area (Å²) in [5.74, 6) is 0.159. The number of amidine groups is 1. The minimum atomic E-state index is -0.270. The van der Waals surface area contributed by atoms with Gasteiger partial charge >= 0.3 is 0 Å². The Labute approximate surface area is 116 Å². The molecular formula is C15H15FN2S. The molecule has 3 rings (SSSR count). The predicted molar refractivity (Wildman–Crippen MR) is 76.3 cm³/mol. The normalized spacial score (nSPS) is 14.1. The Morgan fingerprint density at radius 1 is 1.32 bits per heavy atom. The largest absolute Gasteiger partial charge is 0.347 e. The summed E-state index contributed by atoms with van der Waals surface area (Å²) < 4.78 is 13.2. The van der Waals surface area contributed by atoms with Gasteiger partial charge in [-0.05, 0) is 43.2 Å². The van der Waals surface area contributed by atoms with E-state index in [1.807, 2.05) is 4.90 Å². The number of benzene rings is 1. The summed E-state index contributed by atoms with van der Waals surface area (Å²) in [7, 11) is 0. The van der Waals surface area contributed by atoms with Crippen molar-refractivity contribution in [1.29, 1.82) is 5.41 Å². The van der Waals surface area contributed by atoms with Crippen LogP contribution in [-0.2, 0) is 13.1 Å². The third kappa shape index (κ3) is 2.16. The summed E-state index contributed by atoms with van der Waals surface area (Å²) in [5.41, 5.74) is 3.07. The van der Waals surface area contributed by atoms with Crippen molar-refractivity contribution in [2.24, 2.45) is 0 Å². The number of nitrogens with one attached hydrogen (secondary N) is 1. The monoisotopic (exact) mass is 274 g/mol. The van der Waals surface area contributed by atoms with E-state index in [2.05, 4.69) is 19.9 Å². The van der Waals surface area contributed by atoms with Gasteiger partial charge in [0.2, 0.25) is 0 Å². The third-order valence-electron chi connectivity index (χ3n) is 3.57. The zero-order valence-electron chi connectivity index (χ0n) is 11.0. The van der Waals surface area contributed by atoms with Crippen LogP contribution in [0.25, 0.3) is 0 Å². The van der Waals surface area contributed by atoms with E-state index in [1.54, 1.807) is 17.4 Å². The Morgan fingerprint density at radius 3 is 2.79 bits per heavy atom. The number of hydrogen-bond acceptors (Lipinski definition) is 2. The van der Waals surface area contributed by atoms with Gasteiger partial charge in [0, 0.05) is 21.9 Å². The molecule has 2 heterocycles. The van der Waals surface area contributed by atoms with E-state index < -0.39 is 0 Å². The summed E-state index contributed by atoms with van der Waals surface area (Å²) in [4.78, 5) is 4.58. The molecule has 2 nitrogen and oxygen atoms in total. The Morgan fingerprint density at radius 2 is 2.11 bits per heavy atom. The molecule has 0 saturated carbocycles. The van der Waals surface area contributed by atoms with Gasteiger partial charge in [-0.2, -0.15) is 0 Å². The van der Waals surface area contributed by atoms with Crippen LogP contribution in [0.4, 0.5) is 4.39 Å². The number of rotatable bonds is 2. The van der Waals surface area contributed by atoms with Gasteiger partial charge in [0.25, 0.3) is 0 Å². The number of fused-ring (bicyclic) bond motifs is 1. The molecule has 0 bridgehead atoms. The lowest BCUT2D eigenvalue weighted by molar-refractivity contribution is 0.426. The second-order valence-corrected chi connectivity index (χ2v) is 6.30. The van der Waals surface area contributed by atoms with E-state index in [-0.39, 0.29) is 5.82 Å². The van der Waals surface area contributed by atoms with Gasteiger partial charge in [-0.25, -0.2) is 4.39 Å². The summed E-state index contributed by atoms with van der Waals surface area (Å²) in [5, 5.41) is 8.16. The molecule has 0 saturated heterocycles. The van der Waals surface area contributed by atoms with Crippen LogP contribution in [0, 0.1) is 25.1 Å². The van der Waals surface area contributed by atoms with Crippen LogP contribution in [0.2, 0.25) is 0 Å². The molecule has 2 aromatic rings. The van der Waals surface area contributed by atoms with Gasteiger partial charge < -0.3 is 4.90 Å². The molecule has 0 unspecified atom stereocenters. The Bertz CT molecular complexity index is 641. The highest BCUT2D eigenvalue weighted by atomic mass is 32.1. The van der Waals surface area contributed by atoms with Crippen LogP contribution in [0.3, 0.4) is 0 Å². The van der Waals surface area contributed by atoms with Crippen LogP contribution in [0.1, 0.15) is 26.4 Å². The van der Waals surface area contributed by atoms with Gasteiger partial charge in [0.15, 0.2) is 0 Å². The minimum absolute atomic E-state index is 0.270. The van der Waals surface area contributed by atoms with Crippen molar-refractivity contribution < 1.29 is 4.39 Å². The average molecular weight is 274 g/mol. The first-order chi connectivity index (χ1) is 9.04. The SMILES string of the molecule is Cc1cc(CN2Cc3ccc(F)cc3C2=N)sc1C. The molecule has 0 amide bonds. The summed E-state index contributed by atoms with van der Waals surface area (Å²) in [6, 6.07) is 6.89. The van der Waals surface area contributed by atoms with Crippen molar-refractivity contribution in [3.63, 3.8) is 0 Å². The van der Waals surface area contributed by atoms with Crippen LogP contribution in [0.15, 0.2) is 24.3 Å². The number of hydrogen-bond donors (Lipinski definition) is 1. The molecule has 0 radical (unpaired) electrons. The van der Waals surface area contributed by atoms with Crippen molar-refractivity contribution in [2.75, 3.05) is 0 Å². The van der Waals surface area contributed by atoms with Gasteiger partial charge in [-0.3, -0.25) is 5.41 Å². The van der Waals surface area contributed by atoms with E-state index >= 15 is 0 Å². The van der Waals surface area contributed by atoms with Crippen molar-refractivity contribution in [2.45, 2.75) is 26.9 Å². The number of aryl methyl sites for hydroxylation is 2. The molecule has 4 heteroatoms. The predicted octanol–water partition coefficient (Wildman–Crippen LogP) is 3.85. The molecule has 1 aromatic heterocycles. The van der Waals surface area contributed by atoms with Crippen molar-refractivity contribution in [3.05, 3.63) is 56.5 Å². The first kappa shape index (κ1) is 12.4. The summed E-state index contributed by atoms with van der Waals surface area (Å²) in [6.07, 6.45) is 0. The fraction of sp³-hybridized carbons (Fsp3) is 0.267. The Kier molecular flexibility index (Phi) is 2.90. The third-order valence-corrected chi connectivity index (χ3v) is 4.71. The molecule has 0 fully saturated rings. The van der Waals surface area contributed by atoms with E-state index in [4.69, 9.17) is 5.41 Å². The number of thiophene rings is 1. The van der Waals surface area contributed by atoms with E-state index in [1.165, 1.54) is 27.5 Å². The number of halogens is 1. The first-order valence-electron chi connectivity index (χ1n) is 6.23. The molecule has 0 aliphatic carbocycles. The molecule has 0 spiro atoms. The second kappa shape index (κ2) is 4.46. The Balaban J connectivity index is 1.84. The van der Waals surface area contributed by atoms with E-state index in [0.717, 1.165) is 17.7 Å². The van der Waals surface area contributed by atoms with Crippen LogP contribution >= 0.6 is 11.3 Å². The average Bonchev–Trinajstić information content (AvgIpc) is 2.83. The van der Waals surface area contributed by atoms with E-state index in [9.17, 15) is 4.39 Å². The zero-order valence-corrected chi connectivity index (χ0v) is 11.8. The van der Waals surface area contributed by atoms with Crippen LogP contribution < -0.4 is 0 Å². The first-order valence-corrected chi connectivity index (χ1v) is 7.04. The smallest absolute Gasteiger partial charge is 0.129 e. The maximum Gasteiger partial charge on any atom is 0.129 e. The lowest BCUT2D eigenvalue weighted by Gasteiger charge is -2.16. The van der Waals surface area contributed by atoms with Crippen molar-refractivity contribution in [3.8, 4) is 0 Å². The minimum Gasteiger partial charge on any atom is -0.347 e. The lowest BCUT2D eigenvalue weighted by Crippen LogP contribution is -2.22. The molecule has 19 heavy (non-hydrogen) atoms. The molecule has 1 aromatic carbocycles. The van der Waals surface area contributed by atoms with Gasteiger partial charge in [-0.1, -0.05) is 6.07 Å². The fourth-order valence-corrected chi connectivity index (χ4v) is 3.48. The van der Waals surface area contributed by atoms with E-state index in [0.29, 0.717) is 12.4 Å². The maximum atomic E-state index is 13.2. The lowest BCUT2D eigenvalue weighted by atomic mass is 10.1. The van der Waals surface area contributed by atoms with Crippen molar-refractivity contribution in [1.82, 2.24) is 4.90 Å². The second-order valence-electron chi connectivity index (χ2n) is 4.96. The number of nitrogens with zero attached hydrogens (tertiary/aromatic N) is 1. The molecule has 98 valence electrons. The summed E-state index contributed by atoms with van der Waals surface area (Å²) in [6.45, 7) is 5.65. The van der Waals surface area contributed by atoms with Crippen LogP contribution in [0.5, 0.6) is 0 Å². The summed E-state index contributed by atoms with van der Waals surface area (Å²) >= 11 is 1.77. The quantitative estimate of drug-likeness (QED) is 0.885.